The first-order valence-electron chi connectivity index (χ1n) is 9.48. The van der Waals surface area contributed by atoms with Crippen LogP contribution in [0.2, 0.25) is 0 Å². The number of carbonyl (C=O) groups excluding carboxylic acids is 1. The quantitative estimate of drug-likeness (QED) is 0.746. The highest BCUT2D eigenvalue weighted by Gasteiger charge is 2.63. The van der Waals surface area contributed by atoms with Gasteiger partial charge in [-0.3, -0.25) is 4.79 Å². The zero-order chi connectivity index (χ0) is 16.2. The topological polar surface area (TPSA) is 37.3 Å². The van der Waals surface area contributed by atoms with Crippen LogP contribution in [0.5, 0.6) is 0 Å². The molecule has 0 saturated heterocycles. The minimum atomic E-state index is -0.893. The van der Waals surface area contributed by atoms with Crippen LogP contribution in [0.15, 0.2) is 11.6 Å². The van der Waals surface area contributed by atoms with E-state index in [0.29, 0.717) is 29.5 Å². The highest BCUT2D eigenvalue weighted by Crippen LogP contribution is 2.66. The molecule has 4 rings (SSSR count). The zero-order valence-electron chi connectivity index (χ0n) is 14.2. The summed E-state index contributed by atoms with van der Waals surface area (Å²) >= 11 is 0. The van der Waals surface area contributed by atoms with E-state index in [1.54, 1.807) is 0 Å². The van der Waals surface area contributed by atoms with Crippen molar-refractivity contribution in [1.29, 1.82) is 0 Å². The molecule has 2 nitrogen and oxygen atoms in total. The summed E-state index contributed by atoms with van der Waals surface area (Å²) < 4.78 is 0. The highest BCUT2D eigenvalue weighted by molar-refractivity contribution is 5.91. The molecule has 0 radical (unpaired) electrons. The van der Waals surface area contributed by atoms with E-state index in [4.69, 9.17) is 6.42 Å². The molecule has 0 aromatic carbocycles. The molecule has 124 valence electrons. The zero-order valence-corrected chi connectivity index (χ0v) is 14.2. The van der Waals surface area contributed by atoms with Crippen LogP contribution < -0.4 is 0 Å². The van der Waals surface area contributed by atoms with Crippen LogP contribution in [0.3, 0.4) is 0 Å². The summed E-state index contributed by atoms with van der Waals surface area (Å²) in [4.78, 5) is 11.8. The highest BCUT2D eigenvalue weighted by atomic mass is 16.3. The van der Waals surface area contributed by atoms with Gasteiger partial charge < -0.3 is 5.11 Å². The minimum Gasteiger partial charge on any atom is -0.377 e. The number of allylic oxidation sites excluding steroid dienone is 1. The summed E-state index contributed by atoms with van der Waals surface area (Å²) in [7, 11) is 0. The number of terminal acetylenes is 1. The molecular weight excluding hydrogens is 284 g/mol. The van der Waals surface area contributed by atoms with E-state index < -0.39 is 5.60 Å². The minimum absolute atomic E-state index is 0.0609. The summed E-state index contributed by atoms with van der Waals surface area (Å²) in [6, 6.07) is 0. The third-order valence-corrected chi connectivity index (χ3v) is 8.02. The third kappa shape index (κ3) is 1.96. The number of hydrogen-bond acceptors (Lipinski definition) is 2. The van der Waals surface area contributed by atoms with Crippen molar-refractivity contribution in [2.75, 3.05) is 0 Å². The summed E-state index contributed by atoms with van der Waals surface area (Å²) in [5.41, 5.74) is 0.474. The number of carbonyl (C=O) groups is 1. The van der Waals surface area contributed by atoms with Gasteiger partial charge in [0.1, 0.15) is 5.60 Å². The van der Waals surface area contributed by atoms with Crippen LogP contribution >= 0.6 is 0 Å². The molecule has 0 unspecified atom stereocenters. The van der Waals surface area contributed by atoms with Gasteiger partial charge in [0, 0.05) is 11.8 Å². The van der Waals surface area contributed by atoms with Gasteiger partial charge in [-0.05, 0) is 81.1 Å². The van der Waals surface area contributed by atoms with E-state index >= 15 is 0 Å². The molecule has 0 aliphatic heterocycles. The lowest BCUT2D eigenvalue weighted by Crippen LogP contribution is -2.53. The van der Waals surface area contributed by atoms with Gasteiger partial charge >= 0.3 is 0 Å². The number of hydrogen-bond donors (Lipinski definition) is 1. The Morgan fingerprint density at radius 1 is 1.22 bits per heavy atom. The van der Waals surface area contributed by atoms with Crippen molar-refractivity contribution in [2.24, 2.45) is 29.1 Å². The maximum Gasteiger partial charge on any atom is 0.155 e. The molecule has 4 aliphatic carbocycles. The number of fused-ring (bicyclic) bond motifs is 5. The van der Waals surface area contributed by atoms with Gasteiger partial charge in [0.25, 0.3) is 0 Å². The molecule has 1 N–H and O–H groups in total. The lowest BCUT2D eigenvalue weighted by Gasteiger charge is -2.55. The fraction of sp³-hybridized carbons (Fsp3) is 0.762. The first-order chi connectivity index (χ1) is 11.0. The van der Waals surface area contributed by atoms with Gasteiger partial charge in [-0.1, -0.05) is 18.4 Å². The Morgan fingerprint density at radius 3 is 2.78 bits per heavy atom. The summed E-state index contributed by atoms with van der Waals surface area (Å²) in [6.45, 7) is 2.22. The molecule has 23 heavy (non-hydrogen) atoms. The van der Waals surface area contributed by atoms with Crippen LogP contribution in [-0.4, -0.2) is 16.5 Å². The van der Waals surface area contributed by atoms with Gasteiger partial charge in [-0.15, -0.1) is 6.42 Å². The van der Waals surface area contributed by atoms with Crippen molar-refractivity contribution in [3.8, 4) is 12.3 Å². The Bertz CT molecular complexity index is 597. The van der Waals surface area contributed by atoms with E-state index in [1.807, 2.05) is 6.08 Å². The average molecular weight is 312 g/mol. The second kappa shape index (κ2) is 5.21. The maximum atomic E-state index is 11.8. The largest absolute Gasteiger partial charge is 0.377 e. The van der Waals surface area contributed by atoms with E-state index in [9.17, 15) is 9.90 Å². The van der Waals surface area contributed by atoms with E-state index in [1.165, 1.54) is 18.4 Å². The molecule has 0 bridgehead atoms. The molecule has 0 spiro atoms. The predicted molar refractivity (Wildman–Crippen MR) is 90.5 cm³/mol. The average Bonchev–Trinajstić information content (AvgIpc) is 2.88. The summed E-state index contributed by atoms with van der Waals surface area (Å²) in [6.07, 6.45) is 16.9. The molecular formula is C21H28O2. The van der Waals surface area contributed by atoms with E-state index in [0.717, 1.165) is 44.9 Å². The molecule has 0 amide bonds. The monoisotopic (exact) mass is 312 g/mol. The van der Waals surface area contributed by atoms with Crippen LogP contribution in [0.4, 0.5) is 0 Å². The predicted octanol–water partition coefficient (Wildman–Crippen LogP) is 3.88. The van der Waals surface area contributed by atoms with Crippen molar-refractivity contribution >= 4 is 5.78 Å². The lowest BCUT2D eigenvalue weighted by atomic mass is 9.49. The molecule has 0 aromatic heterocycles. The van der Waals surface area contributed by atoms with Gasteiger partial charge in [-0.2, -0.15) is 0 Å². The van der Waals surface area contributed by atoms with Gasteiger partial charge in [0.2, 0.25) is 0 Å². The normalized spacial score (nSPS) is 48.7. The Balaban J connectivity index is 1.67. The van der Waals surface area contributed by atoms with Crippen LogP contribution in [0.1, 0.15) is 64.7 Å². The van der Waals surface area contributed by atoms with Crippen LogP contribution in [-0.2, 0) is 4.79 Å². The van der Waals surface area contributed by atoms with Crippen LogP contribution in [0, 0.1) is 41.4 Å². The molecule has 6 atom stereocenters. The van der Waals surface area contributed by atoms with E-state index in [2.05, 4.69) is 12.8 Å². The fourth-order valence-electron chi connectivity index (χ4n) is 6.96. The lowest BCUT2D eigenvalue weighted by molar-refractivity contribution is -0.117. The van der Waals surface area contributed by atoms with Crippen molar-refractivity contribution in [3.05, 3.63) is 11.6 Å². The van der Waals surface area contributed by atoms with Crippen molar-refractivity contribution < 1.29 is 9.90 Å². The maximum absolute atomic E-state index is 11.8. The summed E-state index contributed by atoms with van der Waals surface area (Å²) in [5.74, 6) is 5.73. The van der Waals surface area contributed by atoms with E-state index in [-0.39, 0.29) is 5.41 Å². The molecule has 0 aromatic rings. The first kappa shape index (κ1) is 15.5. The second-order valence-electron chi connectivity index (χ2n) is 8.40. The van der Waals surface area contributed by atoms with Gasteiger partial charge in [0.15, 0.2) is 5.78 Å². The number of rotatable bonds is 1. The molecule has 3 saturated carbocycles. The SMILES string of the molecule is C#C[C@]1(O)CC[C@H]2[C@@H]3CCC4=CC(=O)CC[C@@H]4[C@@H]3CC[C@@]21CC. The second-order valence-corrected chi connectivity index (χ2v) is 8.40. The number of ketones is 1. The smallest absolute Gasteiger partial charge is 0.155 e. The number of aliphatic hydroxyl groups is 1. The Labute approximate surface area is 139 Å². The Morgan fingerprint density at radius 2 is 2.04 bits per heavy atom. The Hall–Kier alpha value is -1.07. The Kier molecular flexibility index (Phi) is 3.50. The van der Waals surface area contributed by atoms with Crippen LogP contribution in [0.25, 0.3) is 0 Å². The summed E-state index contributed by atoms with van der Waals surface area (Å²) in [5, 5.41) is 11.1. The van der Waals surface area contributed by atoms with Gasteiger partial charge in [-0.25, -0.2) is 0 Å². The standard InChI is InChI=1S/C21H28O2/c1-3-20-11-9-17-16-8-6-15(22)13-14(16)5-7-18(17)19(20)10-12-21(20,23)4-2/h2,13,16-19,23H,3,5-12H2,1H3/t16-,17-,18+,19-,20-,21-/m0/s1. The molecule has 4 aliphatic rings. The molecule has 3 fully saturated rings. The van der Waals surface area contributed by atoms with Crippen molar-refractivity contribution in [3.63, 3.8) is 0 Å². The van der Waals surface area contributed by atoms with Crippen molar-refractivity contribution in [2.45, 2.75) is 70.3 Å². The molecule has 0 heterocycles. The van der Waals surface area contributed by atoms with Crippen molar-refractivity contribution in [1.82, 2.24) is 0 Å². The third-order valence-electron chi connectivity index (χ3n) is 8.02. The fourth-order valence-corrected chi connectivity index (χ4v) is 6.96. The first-order valence-corrected chi connectivity index (χ1v) is 9.48. The molecule has 2 heteroatoms. The van der Waals surface area contributed by atoms with Gasteiger partial charge in [0.05, 0.1) is 0 Å².